The lowest BCUT2D eigenvalue weighted by molar-refractivity contribution is -0.0667. The van der Waals surface area contributed by atoms with Crippen molar-refractivity contribution in [2.75, 3.05) is 19.8 Å². The topological polar surface area (TPSA) is 49.8 Å². The molecule has 1 amide bonds. The van der Waals surface area contributed by atoms with Crippen molar-refractivity contribution >= 4 is 5.91 Å². The van der Waals surface area contributed by atoms with Crippen molar-refractivity contribution in [3.63, 3.8) is 0 Å². The van der Waals surface area contributed by atoms with Gasteiger partial charge in [-0.05, 0) is 25.5 Å². The summed E-state index contributed by atoms with van der Waals surface area (Å²) in [6.07, 6.45) is -0.269. The normalized spacial score (nSPS) is 24.1. The minimum Gasteiger partial charge on any atom is -0.394 e. The summed E-state index contributed by atoms with van der Waals surface area (Å²) in [4.78, 5) is 14.3. The number of aliphatic hydroxyl groups excluding tert-OH is 1. The van der Waals surface area contributed by atoms with E-state index < -0.39 is 0 Å². The molecule has 0 bridgehead atoms. The number of morpholine rings is 1. The van der Waals surface area contributed by atoms with Crippen LogP contribution in [0.3, 0.4) is 0 Å². The summed E-state index contributed by atoms with van der Waals surface area (Å²) in [6, 6.07) is 7.61. The van der Waals surface area contributed by atoms with Crippen molar-refractivity contribution in [3.05, 3.63) is 35.4 Å². The molecule has 2 rings (SSSR count). The van der Waals surface area contributed by atoms with E-state index in [0.717, 1.165) is 11.1 Å². The Morgan fingerprint density at radius 1 is 1.50 bits per heavy atom. The number of ether oxygens (including phenoxy) is 1. The minimum absolute atomic E-state index is 0.0161. The predicted molar refractivity (Wildman–Crippen MR) is 68.5 cm³/mol. The quantitative estimate of drug-likeness (QED) is 0.857. The number of aryl methyl sites for hydroxylation is 1. The third-order valence-electron chi connectivity index (χ3n) is 3.35. The summed E-state index contributed by atoms with van der Waals surface area (Å²) < 4.78 is 5.44. The number of carbonyl (C=O) groups excluding carboxylic acids is 1. The molecule has 2 atom stereocenters. The molecular formula is C14H19NO3. The Kier molecular flexibility index (Phi) is 3.99. The van der Waals surface area contributed by atoms with E-state index in [0.29, 0.717) is 13.2 Å². The fourth-order valence-corrected chi connectivity index (χ4v) is 2.18. The Bertz CT molecular complexity index is 433. The average Bonchev–Trinajstić information content (AvgIpc) is 2.39. The third-order valence-corrected chi connectivity index (χ3v) is 3.35. The van der Waals surface area contributed by atoms with Crippen molar-refractivity contribution < 1.29 is 14.6 Å². The van der Waals surface area contributed by atoms with Crippen molar-refractivity contribution in [2.24, 2.45) is 0 Å². The van der Waals surface area contributed by atoms with Gasteiger partial charge in [0.15, 0.2) is 0 Å². The van der Waals surface area contributed by atoms with Gasteiger partial charge < -0.3 is 14.7 Å². The standard InChI is InChI=1S/C14H19NO3/c1-10-5-3-4-6-13(10)14(17)15-7-12(8-16)18-9-11(15)2/h3-6,11-12,16H,7-9H2,1-2H3. The molecule has 0 aliphatic carbocycles. The van der Waals surface area contributed by atoms with E-state index in [4.69, 9.17) is 9.84 Å². The number of rotatable bonds is 2. The summed E-state index contributed by atoms with van der Waals surface area (Å²) in [5, 5.41) is 9.14. The van der Waals surface area contributed by atoms with Gasteiger partial charge in [0.2, 0.25) is 0 Å². The zero-order chi connectivity index (χ0) is 13.1. The highest BCUT2D eigenvalue weighted by atomic mass is 16.5. The monoisotopic (exact) mass is 249 g/mol. The first-order valence-corrected chi connectivity index (χ1v) is 6.22. The third kappa shape index (κ3) is 2.54. The molecule has 1 N–H and O–H groups in total. The van der Waals surface area contributed by atoms with Crippen molar-refractivity contribution in [3.8, 4) is 0 Å². The molecular weight excluding hydrogens is 230 g/mol. The molecule has 1 fully saturated rings. The summed E-state index contributed by atoms with van der Waals surface area (Å²) in [5.74, 6) is 0.0161. The van der Waals surface area contributed by atoms with Gasteiger partial charge in [0.05, 0.1) is 25.4 Å². The lowest BCUT2D eigenvalue weighted by Gasteiger charge is -2.37. The number of benzene rings is 1. The van der Waals surface area contributed by atoms with Gasteiger partial charge in [-0.1, -0.05) is 18.2 Å². The highest BCUT2D eigenvalue weighted by Gasteiger charge is 2.30. The van der Waals surface area contributed by atoms with Gasteiger partial charge in [0.25, 0.3) is 5.91 Å². The SMILES string of the molecule is Cc1ccccc1C(=O)N1CC(CO)OCC1C. The molecule has 4 nitrogen and oxygen atoms in total. The van der Waals surface area contributed by atoms with Crippen LogP contribution in [-0.4, -0.2) is 47.8 Å². The molecule has 0 aromatic heterocycles. The van der Waals surface area contributed by atoms with Gasteiger partial charge in [-0.3, -0.25) is 4.79 Å². The van der Waals surface area contributed by atoms with Crippen molar-refractivity contribution in [2.45, 2.75) is 26.0 Å². The molecule has 1 aromatic carbocycles. The molecule has 1 heterocycles. The van der Waals surface area contributed by atoms with Gasteiger partial charge >= 0.3 is 0 Å². The number of amides is 1. The van der Waals surface area contributed by atoms with E-state index in [1.807, 2.05) is 38.1 Å². The van der Waals surface area contributed by atoms with Crippen LogP contribution in [0.1, 0.15) is 22.8 Å². The maximum Gasteiger partial charge on any atom is 0.254 e. The zero-order valence-electron chi connectivity index (χ0n) is 10.8. The molecule has 4 heteroatoms. The largest absolute Gasteiger partial charge is 0.394 e. The van der Waals surface area contributed by atoms with Crippen LogP contribution in [0.5, 0.6) is 0 Å². The Morgan fingerprint density at radius 2 is 2.22 bits per heavy atom. The molecule has 0 saturated carbocycles. The number of hydrogen-bond donors (Lipinski definition) is 1. The summed E-state index contributed by atoms with van der Waals surface area (Å²) >= 11 is 0. The van der Waals surface area contributed by atoms with Crippen LogP contribution in [0.2, 0.25) is 0 Å². The smallest absolute Gasteiger partial charge is 0.254 e. The first-order chi connectivity index (χ1) is 8.63. The highest BCUT2D eigenvalue weighted by molar-refractivity contribution is 5.95. The first-order valence-electron chi connectivity index (χ1n) is 6.22. The van der Waals surface area contributed by atoms with Crippen LogP contribution >= 0.6 is 0 Å². The van der Waals surface area contributed by atoms with Crippen LogP contribution in [0.4, 0.5) is 0 Å². The van der Waals surface area contributed by atoms with Gasteiger partial charge in [0.1, 0.15) is 0 Å². The summed E-state index contributed by atoms with van der Waals surface area (Å²) in [6.45, 7) is 4.77. The van der Waals surface area contributed by atoms with Gasteiger partial charge in [-0.25, -0.2) is 0 Å². The highest BCUT2D eigenvalue weighted by Crippen LogP contribution is 2.17. The van der Waals surface area contributed by atoms with E-state index in [1.54, 1.807) is 4.90 Å². The fraction of sp³-hybridized carbons (Fsp3) is 0.500. The molecule has 1 aliphatic heterocycles. The van der Waals surface area contributed by atoms with Gasteiger partial charge in [-0.15, -0.1) is 0 Å². The Balaban J connectivity index is 2.19. The molecule has 98 valence electrons. The van der Waals surface area contributed by atoms with E-state index in [9.17, 15) is 4.79 Å². The first kappa shape index (κ1) is 13.1. The van der Waals surface area contributed by atoms with Crippen molar-refractivity contribution in [1.82, 2.24) is 4.90 Å². The Hall–Kier alpha value is -1.39. The van der Waals surface area contributed by atoms with Gasteiger partial charge in [-0.2, -0.15) is 0 Å². The Labute approximate surface area is 107 Å². The lowest BCUT2D eigenvalue weighted by Crippen LogP contribution is -2.52. The molecule has 0 spiro atoms. The molecule has 1 aromatic rings. The predicted octanol–water partition coefficient (Wildman–Crippen LogP) is 1.22. The second kappa shape index (κ2) is 5.50. The van der Waals surface area contributed by atoms with Crippen LogP contribution < -0.4 is 0 Å². The number of aliphatic hydroxyl groups is 1. The maximum absolute atomic E-state index is 12.5. The summed E-state index contributed by atoms with van der Waals surface area (Å²) in [5.41, 5.74) is 1.70. The lowest BCUT2D eigenvalue weighted by atomic mass is 10.1. The molecule has 0 radical (unpaired) electrons. The molecule has 1 aliphatic rings. The molecule has 1 saturated heterocycles. The van der Waals surface area contributed by atoms with Crippen LogP contribution in [0, 0.1) is 6.92 Å². The number of nitrogens with zero attached hydrogens (tertiary/aromatic N) is 1. The van der Waals surface area contributed by atoms with Gasteiger partial charge in [0, 0.05) is 12.1 Å². The summed E-state index contributed by atoms with van der Waals surface area (Å²) in [7, 11) is 0. The zero-order valence-corrected chi connectivity index (χ0v) is 10.8. The second-order valence-electron chi connectivity index (χ2n) is 4.76. The number of carbonyl (C=O) groups is 1. The molecule has 2 unspecified atom stereocenters. The maximum atomic E-state index is 12.5. The van der Waals surface area contributed by atoms with Crippen LogP contribution in [-0.2, 0) is 4.74 Å². The van der Waals surface area contributed by atoms with Crippen molar-refractivity contribution in [1.29, 1.82) is 0 Å². The minimum atomic E-state index is -0.269. The fourth-order valence-electron chi connectivity index (χ4n) is 2.18. The Morgan fingerprint density at radius 3 is 2.89 bits per heavy atom. The second-order valence-corrected chi connectivity index (χ2v) is 4.76. The average molecular weight is 249 g/mol. The van der Waals surface area contributed by atoms with E-state index >= 15 is 0 Å². The van der Waals surface area contributed by atoms with Crippen LogP contribution in [0.15, 0.2) is 24.3 Å². The van der Waals surface area contributed by atoms with E-state index in [-0.39, 0.29) is 24.7 Å². The number of hydrogen-bond acceptors (Lipinski definition) is 3. The van der Waals surface area contributed by atoms with E-state index in [1.165, 1.54) is 0 Å². The van der Waals surface area contributed by atoms with Crippen LogP contribution in [0.25, 0.3) is 0 Å². The van der Waals surface area contributed by atoms with E-state index in [2.05, 4.69) is 0 Å². The molecule has 18 heavy (non-hydrogen) atoms.